The van der Waals surface area contributed by atoms with Gasteiger partial charge in [0.25, 0.3) is 0 Å². The zero-order chi connectivity index (χ0) is 15.0. The Morgan fingerprint density at radius 1 is 1.30 bits per heavy atom. The number of sulfonamides is 1. The highest BCUT2D eigenvalue weighted by Gasteiger charge is 2.43. The SMILES string of the molecule is Nc1ccncc1S(=O)(=O)N1CCC(C(F)(F)F)CC1. The van der Waals surface area contributed by atoms with Gasteiger partial charge in [0.15, 0.2) is 0 Å². The predicted molar refractivity (Wildman–Crippen MR) is 66.2 cm³/mol. The van der Waals surface area contributed by atoms with E-state index in [4.69, 9.17) is 5.73 Å². The quantitative estimate of drug-likeness (QED) is 0.901. The lowest BCUT2D eigenvalue weighted by Crippen LogP contribution is -2.42. The Kier molecular flexibility index (Phi) is 3.92. The van der Waals surface area contributed by atoms with E-state index >= 15 is 0 Å². The molecular formula is C11H14F3N3O2S. The van der Waals surface area contributed by atoms with E-state index in [0.717, 1.165) is 10.5 Å². The van der Waals surface area contributed by atoms with Gasteiger partial charge < -0.3 is 5.73 Å². The molecule has 1 aliphatic rings. The van der Waals surface area contributed by atoms with Crippen LogP contribution in [0.3, 0.4) is 0 Å². The molecule has 1 aliphatic heterocycles. The number of anilines is 1. The Labute approximate surface area is 114 Å². The van der Waals surface area contributed by atoms with Crippen molar-refractivity contribution in [3.05, 3.63) is 18.5 Å². The van der Waals surface area contributed by atoms with Crippen molar-refractivity contribution in [1.29, 1.82) is 0 Å². The minimum Gasteiger partial charge on any atom is -0.398 e. The van der Waals surface area contributed by atoms with Gasteiger partial charge in [-0.3, -0.25) is 4.98 Å². The van der Waals surface area contributed by atoms with Crippen LogP contribution in [0.4, 0.5) is 18.9 Å². The molecule has 0 atom stereocenters. The van der Waals surface area contributed by atoms with Crippen LogP contribution in [0.1, 0.15) is 12.8 Å². The Balaban J connectivity index is 2.16. The van der Waals surface area contributed by atoms with Gasteiger partial charge in [-0.2, -0.15) is 17.5 Å². The van der Waals surface area contributed by atoms with Crippen LogP contribution in [-0.4, -0.2) is 37.0 Å². The molecule has 1 aromatic heterocycles. The molecule has 112 valence electrons. The van der Waals surface area contributed by atoms with Crippen LogP contribution in [0.25, 0.3) is 0 Å². The highest BCUT2D eigenvalue weighted by molar-refractivity contribution is 7.89. The maximum absolute atomic E-state index is 12.6. The molecule has 0 aliphatic carbocycles. The van der Waals surface area contributed by atoms with Gasteiger partial charge in [0.05, 0.1) is 11.6 Å². The molecule has 9 heteroatoms. The summed E-state index contributed by atoms with van der Waals surface area (Å²) in [5.41, 5.74) is 5.62. The molecule has 1 fully saturated rings. The van der Waals surface area contributed by atoms with Gasteiger partial charge in [-0.05, 0) is 18.9 Å². The van der Waals surface area contributed by atoms with Crippen molar-refractivity contribution in [2.45, 2.75) is 23.9 Å². The second-order valence-electron chi connectivity index (χ2n) is 4.63. The molecule has 0 unspecified atom stereocenters. The first kappa shape index (κ1) is 15.0. The molecule has 20 heavy (non-hydrogen) atoms. The Hall–Kier alpha value is -1.35. The van der Waals surface area contributed by atoms with E-state index < -0.39 is 22.1 Å². The second-order valence-corrected chi connectivity index (χ2v) is 6.54. The van der Waals surface area contributed by atoms with E-state index in [1.165, 1.54) is 12.3 Å². The fourth-order valence-corrected chi connectivity index (χ4v) is 3.70. The maximum atomic E-state index is 12.6. The van der Waals surface area contributed by atoms with Crippen LogP contribution in [0.5, 0.6) is 0 Å². The number of hydrogen-bond acceptors (Lipinski definition) is 4. The molecule has 5 nitrogen and oxygen atoms in total. The van der Waals surface area contributed by atoms with Gasteiger partial charge in [0.2, 0.25) is 10.0 Å². The van der Waals surface area contributed by atoms with Gasteiger partial charge in [0, 0.05) is 25.5 Å². The number of nitrogens with zero attached hydrogens (tertiary/aromatic N) is 2. The molecule has 0 saturated carbocycles. The molecule has 0 amide bonds. The summed E-state index contributed by atoms with van der Waals surface area (Å²) in [4.78, 5) is 3.53. The molecule has 2 N–H and O–H groups in total. The smallest absolute Gasteiger partial charge is 0.391 e. The van der Waals surface area contributed by atoms with Crippen molar-refractivity contribution in [2.24, 2.45) is 5.92 Å². The normalized spacial score (nSPS) is 19.1. The van der Waals surface area contributed by atoms with Crippen molar-refractivity contribution in [2.75, 3.05) is 18.8 Å². The first-order valence-corrected chi connectivity index (χ1v) is 7.43. The number of rotatable bonds is 2. The fraction of sp³-hybridized carbons (Fsp3) is 0.545. The summed E-state index contributed by atoms with van der Waals surface area (Å²) in [7, 11) is -3.88. The highest BCUT2D eigenvalue weighted by atomic mass is 32.2. The molecule has 1 saturated heterocycles. The minimum absolute atomic E-state index is 0.0398. The van der Waals surface area contributed by atoms with Crippen molar-refractivity contribution < 1.29 is 21.6 Å². The summed E-state index contributed by atoms with van der Waals surface area (Å²) < 4.78 is 63.3. The third kappa shape index (κ3) is 2.88. The Morgan fingerprint density at radius 2 is 1.90 bits per heavy atom. The lowest BCUT2D eigenvalue weighted by atomic mass is 9.98. The van der Waals surface area contributed by atoms with E-state index in [0.29, 0.717) is 0 Å². The first-order chi connectivity index (χ1) is 9.23. The largest absolute Gasteiger partial charge is 0.398 e. The average Bonchev–Trinajstić information content (AvgIpc) is 2.38. The number of halogens is 3. The summed E-state index contributed by atoms with van der Waals surface area (Å²) in [6.45, 7) is -0.332. The number of aromatic nitrogens is 1. The molecule has 0 spiro atoms. The van der Waals surface area contributed by atoms with Crippen molar-refractivity contribution in [1.82, 2.24) is 9.29 Å². The van der Waals surface area contributed by atoms with E-state index in [-0.39, 0.29) is 36.5 Å². The second kappa shape index (κ2) is 5.21. The summed E-state index contributed by atoms with van der Waals surface area (Å²) in [6, 6.07) is 1.34. The van der Waals surface area contributed by atoms with Gasteiger partial charge in [-0.25, -0.2) is 8.42 Å². The van der Waals surface area contributed by atoms with E-state index in [1.807, 2.05) is 0 Å². The Bertz CT molecular complexity index is 581. The van der Waals surface area contributed by atoms with Crippen LogP contribution in [-0.2, 0) is 10.0 Å². The fourth-order valence-electron chi connectivity index (χ4n) is 2.17. The summed E-state index contributed by atoms with van der Waals surface area (Å²) in [5, 5.41) is 0. The summed E-state index contributed by atoms with van der Waals surface area (Å²) >= 11 is 0. The third-order valence-corrected chi connectivity index (χ3v) is 5.29. The summed E-state index contributed by atoms with van der Waals surface area (Å²) in [6.07, 6.45) is -2.28. The maximum Gasteiger partial charge on any atom is 0.391 e. The third-order valence-electron chi connectivity index (χ3n) is 3.35. The van der Waals surface area contributed by atoms with Crippen LogP contribution in [0.2, 0.25) is 0 Å². The number of piperidine rings is 1. The molecule has 0 aromatic carbocycles. The predicted octanol–water partition coefficient (Wildman–Crippen LogP) is 1.63. The van der Waals surface area contributed by atoms with Crippen LogP contribution in [0, 0.1) is 5.92 Å². The van der Waals surface area contributed by atoms with E-state index in [9.17, 15) is 21.6 Å². The first-order valence-electron chi connectivity index (χ1n) is 5.99. The lowest BCUT2D eigenvalue weighted by molar-refractivity contribution is -0.182. The molecule has 1 aromatic rings. The number of nitrogen functional groups attached to an aromatic ring is 1. The molecular weight excluding hydrogens is 295 g/mol. The van der Waals surface area contributed by atoms with Crippen molar-refractivity contribution >= 4 is 15.7 Å². The van der Waals surface area contributed by atoms with Crippen LogP contribution in [0.15, 0.2) is 23.4 Å². The van der Waals surface area contributed by atoms with Crippen LogP contribution < -0.4 is 5.73 Å². The zero-order valence-electron chi connectivity index (χ0n) is 10.5. The van der Waals surface area contributed by atoms with Gasteiger partial charge >= 0.3 is 6.18 Å². The molecule has 2 rings (SSSR count). The van der Waals surface area contributed by atoms with E-state index in [1.54, 1.807) is 0 Å². The zero-order valence-corrected chi connectivity index (χ0v) is 11.3. The number of alkyl halides is 3. The van der Waals surface area contributed by atoms with Gasteiger partial charge in [-0.15, -0.1) is 0 Å². The van der Waals surface area contributed by atoms with Gasteiger partial charge in [0.1, 0.15) is 4.90 Å². The monoisotopic (exact) mass is 309 g/mol. The van der Waals surface area contributed by atoms with Crippen LogP contribution >= 0.6 is 0 Å². The topological polar surface area (TPSA) is 76.3 Å². The molecule has 2 heterocycles. The van der Waals surface area contributed by atoms with Crippen molar-refractivity contribution in [3.8, 4) is 0 Å². The molecule has 0 radical (unpaired) electrons. The van der Waals surface area contributed by atoms with E-state index in [2.05, 4.69) is 4.98 Å². The van der Waals surface area contributed by atoms with Crippen molar-refractivity contribution in [3.63, 3.8) is 0 Å². The Morgan fingerprint density at radius 3 is 2.40 bits per heavy atom. The average molecular weight is 309 g/mol. The van der Waals surface area contributed by atoms with Gasteiger partial charge in [-0.1, -0.05) is 0 Å². The lowest BCUT2D eigenvalue weighted by Gasteiger charge is -2.32. The number of pyridine rings is 1. The highest BCUT2D eigenvalue weighted by Crippen LogP contribution is 2.35. The number of hydrogen-bond donors (Lipinski definition) is 1. The number of nitrogens with two attached hydrogens (primary N) is 1. The summed E-state index contributed by atoms with van der Waals surface area (Å²) in [5.74, 6) is -1.44. The standard InChI is InChI=1S/C11H14F3N3O2S/c12-11(13,14)8-2-5-17(6-3-8)20(18,19)10-7-16-4-1-9(10)15/h1,4,7-8H,2-3,5-6H2,(H2,15,16). The molecule has 0 bridgehead atoms. The minimum atomic E-state index is -4.27.